The maximum Gasteiger partial charge on any atom is 0.269 e. The topological polar surface area (TPSA) is 108 Å². The lowest BCUT2D eigenvalue weighted by atomic mass is 9.73. The molecule has 2 aliphatic rings. The lowest BCUT2D eigenvalue weighted by Gasteiger charge is -2.34. The molecule has 0 radical (unpaired) electrons. The van der Waals surface area contributed by atoms with Crippen molar-refractivity contribution in [3.05, 3.63) is 75.0 Å². The molecule has 2 aromatic carbocycles. The molecule has 0 aromatic heterocycles. The second kappa shape index (κ2) is 8.82. The van der Waals surface area contributed by atoms with Crippen LogP contribution in [0.5, 0.6) is 11.5 Å². The molecule has 2 unspecified atom stereocenters. The maximum atomic E-state index is 13.2. The Morgan fingerprint density at radius 3 is 2.41 bits per heavy atom. The van der Waals surface area contributed by atoms with Crippen LogP contribution in [0, 0.1) is 10.1 Å². The first kappa shape index (κ1) is 21.5. The van der Waals surface area contributed by atoms with Gasteiger partial charge in [0.15, 0.2) is 17.3 Å². The van der Waals surface area contributed by atoms with Gasteiger partial charge in [0.05, 0.1) is 18.6 Å². The number of non-ortho nitro benzene ring substituents is 1. The Balaban J connectivity index is 1.65. The van der Waals surface area contributed by atoms with Crippen molar-refractivity contribution in [2.45, 2.75) is 38.0 Å². The van der Waals surface area contributed by atoms with Gasteiger partial charge in [-0.25, -0.2) is 0 Å². The van der Waals surface area contributed by atoms with Crippen LogP contribution < -0.4 is 14.8 Å². The number of ether oxygens (including phenoxy) is 2. The van der Waals surface area contributed by atoms with Gasteiger partial charge in [0.2, 0.25) is 5.91 Å². The van der Waals surface area contributed by atoms with Crippen LogP contribution >= 0.6 is 0 Å². The van der Waals surface area contributed by atoms with E-state index in [4.69, 9.17) is 9.47 Å². The van der Waals surface area contributed by atoms with Gasteiger partial charge in [0.25, 0.3) is 5.69 Å². The third-order valence-corrected chi connectivity index (χ3v) is 6.00. The Morgan fingerprint density at radius 1 is 1.03 bits per heavy atom. The van der Waals surface area contributed by atoms with Crippen molar-refractivity contribution in [3.63, 3.8) is 0 Å². The summed E-state index contributed by atoms with van der Waals surface area (Å²) in [5, 5.41) is 13.8. The summed E-state index contributed by atoms with van der Waals surface area (Å²) in [4.78, 5) is 36.2. The standard InChI is InChI=1S/C24H24N2O6/c1-3-32-21-9-6-15(12-22(21)31-2)16-10-19-24(20(27)11-16)18(13-23(28)25-19)14-4-7-17(8-5-14)26(29)30/h4-9,12,16,18H,3,10-11,13H2,1-2H3,(H,25,28). The highest BCUT2D eigenvalue weighted by Crippen LogP contribution is 2.44. The first-order valence-corrected chi connectivity index (χ1v) is 10.5. The van der Waals surface area contributed by atoms with Crippen molar-refractivity contribution in [2.24, 2.45) is 0 Å². The second-order valence-corrected chi connectivity index (χ2v) is 7.92. The molecule has 0 fully saturated rings. The number of nitrogens with one attached hydrogen (secondary N) is 1. The zero-order valence-electron chi connectivity index (χ0n) is 17.9. The van der Waals surface area contributed by atoms with E-state index in [1.165, 1.54) is 12.1 Å². The summed E-state index contributed by atoms with van der Waals surface area (Å²) in [7, 11) is 1.57. The summed E-state index contributed by atoms with van der Waals surface area (Å²) < 4.78 is 11.0. The Hall–Kier alpha value is -3.68. The van der Waals surface area contributed by atoms with E-state index in [1.807, 2.05) is 25.1 Å². The Bertz CT molecular complexity index is 1110. The van der Waals surface area contributed by atoms with Gasteiger partial charge in [0, 0.05) is 42.2 Å². The van der Waals surface area contributed by atoms with Gasteiger partial charge in [-0.2, -0.15) is 0 Å². The number of carbonyl (C=O) groups is 2. The van der Waals surface area contributed by atoms with Crippen molar-refractivity contribution in [2.75, 3.05) is 13.7 Å². The molecule has 0 bridgehead atoms. The smallest absolute Gasteiger partial charge is 0.269 e. The van der Waals surface area contributed by atoms with E-state index in [0.717, 1.165) is 11.1 Å². The van der Waals surface area contributed by atoms with E-state index in [1.54, 1.807) is 19.2 Å². The molecular weight excluding hydrogens is 412 g/mol. The van der Waals surface area contributed by atoms with Crippen LogP contribution in [0.3, 0.4) is 0 Å². The number of rotatable bonds is 6. The van der Waals surface area contributed by atoms with Gasteiger partial charge in [-0.1, -0.05) is 18.2 Å². The van der Waals surface area contributed by atoms with Crippen LogP contribution in [-0.2, 0) is 9.59 Å². The molecule has 166 valence electrons. The van der Waals surface area contributed by atoms with E-state index in [0.29, 0.717) is 42.2 Å². The van der Waals surface area contributed by atoms with Crippen LogP contribution in [-0.4, -0.2) is 30.3 Å². The van der Waals surface area contributed by atoms with E-state index >= 15 is 0 Å². The van der Waals surface area contributed by atoms with Crippen molar-refractivity contribution in [3.8, 4) is 11.5 Å². The molecule has 8 nitrogen and oxygen atoms in total. The van der Waals surface area contributed by atoms with Crippen molar-refractivity contribution in [1.82, 2.24) is 5.32 Å². The Morgan fingerprint density at radius 2 is 1.75 bits per heavy atom. The lowest BCUT2D eigenvalue weighted by molar-refractivity contribution is -0.384. The summed E-state index contributed by atoms with van der Waals surface area (Å²) in [5.74, 6) is 0.569. The number of hydrogen-bond donors (Lipinski definition) is 1. The average molecular weight is 436 g/mol. The number of hydrogen-bond acceptors (Lipinski definition) is 6. The molecule has 8 heteroatoms. The minimum absolute atomic E-state index is 0.0209. The molecule has 1 heterocycles. The largest absolute Gasteiger partial charge is 0.493 e. The number of Topliss-reactive ketones (excluding diaryl/α,β-unsaturated/α-hetero) is 1. The molecule has 2 aromatic rings. The number of ketones is 1. The first-order chi connectivity index (χ1) is 15.4. The molecule has 4 rings (SSSR count). The number of allylic oxidation sites excluding steroid dienone is 2. The highest BCUT2D eigenvalue weighted by Gasteiger charge is 2.38. The van der Waals surface area contributed by atoms with E-state index < -0.39 is 10.8 Å². The van der Waals surface area contributed by atoms with E-state index in [-0.39, 0.29) is 29.7 Å². The van der Waals surface area contributed by atoms with Crippen molar-refractivity contribution in [1.29, 1.82) is 0 Å². The van der Waals surface area contributed by atoms with Gasteiger partial charge < -0.3 is 14.8 Å². The van der Waals surface area contributed by atoms with Gasteiger partial charge in [0.1, 0.15) is 0 Å². The quantitative estimate of drug-likeness (QED) is 0.542. The number of amides is 1. The first-order valence-electron chi connectivity index (χ1n) is 10.5. The van der Waals surface area contributed by atoms with Crippen LogP contribution in [0.25, 0.3) is 0 Å². The summed E-state index contributed by atoms with van der Waals surface area (Å²) in [6, 6.07) is 11.7. The minimum atomic E-state index is -0.469. The number of methoxy groups -OCH3 is 1. The molecule has 0 saturated carbocycles. The Labute approximate surface area is 185 Å². The number of nitro benzene ring substituents is 1. The van der Waals surface area contributed by atoms with Gasteiger partial charge in [-0.3, -0.25) is 19.7 Å². The third kappa shape index (κ3) is 4.08. The molecule has 0 saturated heterocycles. The van der Waals surface area contributed by atoms with Crippen LogP contribution in [0.1, 0.15) is 49.1 Å². The van der Waals surface area contributed by atoms with Crippen molar-refractivity contribution >= 4 is 17.4 Å². The van der Waals surface area contributed by atoms with Crippen LogP contribution in [0.2, 0.25) is 0 Å². The molecule has 1 amide bonds. The van der Waals surface area contributed by atoms with Crippen LogP contribution in [0.15, 0.2) is 53.7 Å². The summed E-state index contributed by atoms with van der Waals surface area (Å²) in [6.45, 7) is 2.41. The lowest BCUT2D eigenvalue weighted by Crippen LogP contribution is -2.38. The number of benzene rings is 2. The minimum Gasteiger partial charge on any atom is -0.493 e. The Kier molecular flexibility index (Phi) is 5.94. The van der Waals surface area contributed by atoms with Gasteiger partial charge in [-0.05, 0) is 42.5 Å². The predicted molar refractivity (Wildman–Crippen MR) is 117 cm³/mol. The fraction of sp³-hybridized carbons (Fsp3) is 0.333. The number of carbonyl (C=O) groups excluding carboxylic acids is 2. The molecule has 32 heavy (non-hydrogen) atoms. The highest BCUT2D eigenvalue weighted by atomic mass is 16.6. The monoisotopic (exact) mass is 436 g/mol. The zero-order valence-corrected chi connectivity index (χ0v) is 17.9. The highest BCUT2D eigenvalue weighted by molar-refractivity contribution is 6.02. The number of nitro groups is 1. The number of nitrogens with zero attached hydrogens (tertiary/aromatic N) is 1. The second-order valence-electron chi connectivity index (χ2n) is 7.92. The molecule has 0 spiro atoms. The van der Waals surface area contributed by atoms with E-state index in [2.05, 4.69) is 5.32 Å². The molecule has 2 atom stereocenters. The zero-order chi connectivity index (χ0) is 22.8. The molecule has 1 N–H and O–H groups in total. The molecule has 1 aliphatic carbocycles. The summed E-state index contributed by atoms with van der Waals surface area (Å²) in [5.41, 5.74) is 2.89. The third-order valence-electron chi connectivity index (χ3n) is 6.00. The van der Waals surface area contributed by atoms with Crippen LogP contribution in [0.4, 0.5) is 5.69 Å². The molecular formula is C24H24N2O6. The SMILES string of the molecule is CCOc1ccc(C2CC(=O)C3=C(C2)NC(=O)CC3c2ccc([N+](=O)[O-])cc2)cc1OC. The van der Waals surface area contributed by atoms with Crippen molar-refractivity contribution < 1.29 is 24.0 Å². The summed E-state index contributed by atoms with van der Waals surface area (Å²) in [6.07, 6.45) is 0.979. The maximum absolute atomic E-state index is 13.2. The fourth-order valence-corrected chi connectivity index (χ4v) is 4.52. The summed E-state index contributed by atoms with van der Waals surface area (Å²) >= 11 is 0. The normalized spacial score (nSPS) is 20.4. The fourth-order valence-electron chi connectivity index (χ4n) is 4.52. The predicted octanol–water partition coefficient (Wildman–Crippen LogP) is 4.01. The van der Waals surface area contributed by atoms with Gasteiger partial charge >= 0.3 is 0 Å². The van der Waals surface area contributed by atoms with Gasteiger partial charge in [-0.15, -0.1) is 0 Å². The van der Waals surface area contributed by atoms with E-state index in [9.17, 15) is 19.7 Å². The molecule has 1 aliphatic heterocycles. The average Bonchev–Trinajstić information content (AvgIpc) is 2.78.